The van der Waals surface area contributed by atoms with Crippen LogP contribution in [-0.4, -0.2) is 29.4 Å². The van der Waals surface area contributed by atoms with Gasteiger partial charge in [-0.3, -0.25) is 0 Å². The predicted octanol–water partition coefficient (Wildman–Crippen LogP) is 4.24. The van der Waals surface area contributed by atoms with E-state index in [1.807, 2.05) is 6.92 Å². The van der Waals surface area contributed by atoms with Gasteiger partial charge in [-0.2, -0.15) is 0 Å². The van der Waals surface area contributed by atoms with E-state index in [2.05, 4.69) is 45.2 Å². The van der Waals surface area contributed by atoms with E-state index >= 15 is 0 Å². The fourth-order valence-electron chi connectivity index (χ4n) is 1.88. The summed E-state index contributed by atoms with van der Waals surface area (Å²) in [6.07, 6.45) is 2.25. The Balaban J connectivity index is 2.86. The first-order chi connectivity index (χ1) is 10.9. The van der Waals surface area contributed by atoms with E-state index in [4.69, 9.17) is 4.43 Å². The van der Waals surface area contributed by atoms with Crippen molar-refractivity contribution in [2.45, 2.75) is 63.2 Å². The molecule has 0 aliphatic heterocycles. The van der Waals surface area contributed by atoms with Crippen LogP contribution in [0.4, 0.5) is 0 Å². The van der Waals surface area contributed by atoms with E-state index in [1.54, 1.807) is 30.3 Å². The lowest BCUT2D eigenvalue weighted by molar-refractivity contribution is 0.255. The predicted molar refractivity (Wildman–Crippen MR) is 103 cm³/mol. The van der Waals surface area contributed by atoms with Gasteiger partial charge in [-0.05, 0) is 43.6 Å². The Kier molecular flexibility index (Phi) is 6.99. The SMILES string of the molecule is C=CC[C@H](CO[Si](C)(C)C(C)(C)C)NS(=O)(=O)c1ccc(C)cc1. The van der Waals surface area contributed by atoms with Gasteiger partial charge in [0.05, 0.1) is 11.5 Å². The van der Waals surface area contributed by atoms with Crippen molar-refractivity contribution in [3.8, 4) is 0 Å². The Hall–Kier alpha value is -0.953. The van der Waals surface area contributed by atoms with Crippen LogP contribution in [-0.2, 0) is 14.4 Å². The van der Waals surface area contributed by atoms with Crippen LogP contribution in [0.1, 0.15) is 32.8 Å². The highest BCUT2D eigenvalue weighted by molar-refractivity contribution is 7.89. The second-order valence-electron chi connectivity index (χ2n) is 7.73. The van der Waals surface area contributed by atoms with Gasteiger partial charge >= 0.3 is 0 Å². The molecule has 0 aromatic heterocycles. The van der Waals surface area contributed by atoms with E-state index in [0.717, 1.165) is 5.56 Å². The van der Waals surface area contributed by atoms with Crippen molar-refractivity contribution in [1.82, 2.24) is 4.72 Å². The van der Waals surface area contributed by atoms with Gasteiger partial charge in [0.1, 0.15) is 0 Å². The van der Waals surface area contributed by atoms with Crippen LogP contribution in [0.15, 0.2) is 41.8 Å². The second-order valence-corrected chi connectivity index (χ2v) is 14.3. The Morgan fingerprint density at radius 2 is 1.79 bits per heavy atom. The van der Waals surface area contributed by atoms with Crippen molar-refractivity contribution in [1.29, 1.82) is 0 Å². The first-order valence-corrected chi connectivity index (χ1v) is 12.6. The number of benzene rings is 1. The number of nitrogens with one attached hydrogen (secondary N) is 1. The van der Waals surface area contributed by atoms with Crippen LogP contribution in [0.2, 0.25) is 18.1 Å². The molecule has 0 heterocycles. The maximum Gasteiger partial charge on any atom is 0.240 e. The highest BCUT2D eigenvalue weighted by atomic mass is 32.2. The van der Waals surface area contributed by atoms with Gasteiger partial charge < -0.3 is 4.43 Å². The molecule has 0 saturated carbocycles. The minimum atomic E-state index is -3.56. The molecule has 1 aromatic carbocycles. The third kappa shape index (κ3) is 5.84. The van der Waals surface area contributed by atoms with Gasteiger partial charge in [0.2, 0.25) is 10.0 Å². The van der Waals surface area contributed by atoms with E-state index in [1.165, 1.54) is 0 Å². The summed E-state index contributed by atoms with van der Waals surface area (Å²) < 4.78 is 34.0. The molecule has 1 rings (SSSR count). The molecule has 136 valence electrons. The summed E-state index contributed by atoms with van der Waals surface area (Å²) in [5, 5.41) is 0.0849. The molecular weight excluding hydrogens is 338 g/mol. The Morgan fingerprint density at radius 3 is 2.25 bits per heavy atom. The summed E-state index contributed by atoms with van der Waals surface area (Å²) in [4.78, 5) is 0.273. The number of rotatable bonds is 8. The summed E-state index contributed by atoms with van der Waals surface area (Å²) in [6.45, 7) is 16.8. The van der Waals surface area contributed by atoms with Gasteiger partial charge in [0, 0.05) is 6.04 Å². The van der Waals surface area contributed by atoms with Crippen molar-refractivity contribution < 1.29 is 12.8 Å². The third-order valence-electron chi connectivity index (χ3n) is 4.56. The molecule has 0 fully saturated rings. The van der Waals surface area contributed by atoms with E-state index in [-0.39, 0.29) is 16.0 Å². The zero-order valence-corrected chi connectivity index (χ0v) is 17.5. The van der Waals surface area contributed by atoms with Gasteiger partial charge in [-0.15, -0.1) is 6.58 Å². The minimum absolute atomic E-state index is 0.0849. The molecule has 0 saturated heterocycles. The van der Waals surface area contributed by atoms with Crippen molar-refractivity contribution in [2.75, 3.05) is 6.61 Å². The molecule has 0 spiro atoms. The Labute approximate surface area is 148 Å². The molecule has 0 radical (unpaired) electrons. The summed E-state index contributed by atoms with van der Waals surface area (Å²) in [6, 6.07) is 6.52. The first-order valence-electron chi connectivity index (χ1n) is 8.23. The lowest BCUT2D eigenvalue weighted by Gasteiger charge is -2.37. The summed E-state index contributed by atoms with van der Waals surface area (Å²) >= 11 is 0. The summed E-state index contributed by atoms with van der Waals surface area (Å²) in [5.41, 5.74) is 1.03. The molecule has 1 N–H and O–H groups in total. The van der Waals surface area contributed by atoms with Crippen LogP contribution in [0, 0.1) is 6.92 Å². The second kappa shape index (κ2) is 7.95. The molecule has 0 bridgehead atoms. The van der Waals surface area contributed by atoms with Gasteiger partial charge in [0.25, 0.3) is 0 Å². The van der Waals surface area contributed by atoms with Crippen molar-refractivity contribution in [3.63, 3.8) is 0 Å². The Morgan fingerprint density at radius 1 is 1.25 bits per heavy atom. The van der Waals surface area contributed by atoms with Crippen molar-refractivity contribution in [3.05, 3.63) is 42.5 Å². The number of hydrogen-bond acceptors (Lipinski definition) is 3. The lowest BCUT2D eigenvalue weighted by atomic mass is 10.2. The summed E-state index contributed by atoms with van der Waals surface area (Å²) in [7, 11) is -5.49. The fourth-order valence-corrected chi connectivity index (χ4v) is 4.17. The molecule has 0 unspecified atom stereocenters. The van der Waals surface area contributed by atoms with Crippen LogP contribution < -0.4 is 4.72 Å². The zero-order chi connectivity index (χ0) is 18.6. The molecule has 0 amide bonds. The number of sulfonamides is 1. The quantitative estimate of drug-likeness (QED) is 0.551. The van der Waals surface area contributed by atoms with Crippen LogP contribution in [0.5, 0.6) is 0 Å². The fraction of sp³-hybridized carbons (Fsp3) is 0.556. The average Bonchev–Trinajstić information content (AvgIpc) is 2.44. The zero-order valence-electron chi connectivity index (χ0n) is 15.7. The highest BCUT2D eigenvalue weighted by Crippen LogP contribution is 2.36. The van der Waals surface area contributed by atoms with Gasteiger partial charge in [-0.25, -0.2) is 13.1 Å². The maximum absolute atomic E-state index is 12.6. The molecule has 24 heavy (non-hydrogen) atoms. The van der Waals surface area contributed by atoms with Crippen LogP contribution in [0.25, 0.3) is 0 Å². The summed E-state index contributed by atoms with van der Waals surface area (Å²) in [5.74, 6) is 0. The lowest BCUT2D eigenvalue weighted by Crippen LogP contribution is -2.46. The molecule has 1 atom stereocenters. The van der Waals surface area contributed by atoms with Crippen LogP contribution >= 0.6 is 0 Å². The molecular formula is C18H31NO3SSi. The van der Waals surface area contributed by atoms with E-state index in [9.17, 15) is 8.42 Å². The molecule has 1 aromatic rings. The van der Waals surface area contributed by atoms with E-state index < -0.39 is 18.3 Å². The first kappa shape index (κ1) is 21.1. The topological polar surface area (TPSA) is 55.4 Å². The molecule has 0 aliphatic carbocycles. The van der Waals surface area contributed by atoms with Gasteiger partial charge in [0.15, 0.2) is 8.32 Å². The van der Waals surface area contributed by atoms with Crippen molar-refractivity contribution in [2.24, 2.45) is 0 Å². The van der Waals surface area contributed by atoms with Gasteiger partial charge in [-0.1, -0.05) is 44.5 Å². The van der Waals surface area contributed by atoms with Crippen LogP contribution in [0.3, 0.4) is 0 Å². The minimum Gasteiger partial charge on any atom is -0.415 e. The molecule has 0 aliphatic rings. The molecule has 4 nitrogen and oxygen atoms in total. The average molecular weight is 370 g/mol. The van der Waals surface area contributed by atoms with Crippen molar-refractivity contribution >= 4 is 18.3 Å². The number of aryl methyl sites for hydroxylation is 1. The number of hydrogen-bond donors (Lipinski definition) is 1. The third-order valence-corrected chi connectivity index (χ3v) is 10.6. The highest BCUT2D eigenvalue weighted by Gasteiger charge is 2.37. The standard InChI is InChI=1S/C18H31NO3SSi/c1-8-9-16(14-22-24(6,7)18(3,4)5)19-23(20,21)17-12-10-15(2)11-13-17/h8,10-13,16,19H,1,9,14H2,2-7H3/t16-/m1/s1. The molecule has 6 heteroatoms. The largest absolute Gasteiger partial charge is 0.415 e. The Bertz CT molecular complexity index is 646. The smallest absolute Gasteiger partial charge is 0.240 e. The monoisotopic (exact) mass is 369 g/mol. The van der Waals surface area contributed by atoms with E-state index in [0.29, 0.717) is 13.0 Å². The maximum atomic E-state index is 12.6. The normalized spacial score (nSPS) is 14.4.